The summed E-state index contributed by atoms with van der Waals surface area (Å²) in [5, 5.41) is 2.14. The Kier molecular flexibility index (Phi) is 2.59. The van der Waals surface area contributed by atoms with Gasteiger partial charge in [-0.2, -0.15) is 0 Å². The van der Waals surface area contributed by atoms with Crippen molar-refractivity contribution in [2.45, 2.75) is 0 Å². The molecule has 0 amide bonds. The van der Waals surface area contributed by atoms with Gasteiger partial charge in [-0.3, -0.25) is 4.79 Å². The van der Waals surface area contributed by atoms with Crippen LogP contribution in [0, 0.1) is 0 Å². The van der Waals surface area contributed by atoms with Gasteiger partial charge in [0.05, 0.1) is 9.20 Å². The number of hydrogen-bond acceptors (Lipinski definition) is 3. The predicted octanol–water partition coefficient (Wildman–Crippen LogP) is 2.57. The second-order valence-corrected chi connectivity index (χ2v) is 5.98. The van der Waals surface area contributed by atoms with E-state index >= 15 is 0 Å². The van der Waals surface area contributed by atoms with E-state index in [2.05, 4.69) is 11.6 Å². The Hall–Kier alpha value is -2.59. The summed E-state index contributed by atoms with van der Waals surface area (Å²) in [6, 6.07) is 13.9. The molecule has 0 atom stereocenters. The van der Waals surface area contributed by atoms with Crippen LogP contribution >= 0.6 is 11.3 Å². The molecule has 0 unspecified atom stereocenters. The molecule has 4 heteroatoms. The van der Waals surface area contributed by atoms with Gasteiger partial charge in [-0.05, 0) is 29.8 Å². The van der Waals surface area contributed by atoms with Crippen molar-refractivity contribution in [3.63, 3.8) is 0 Å². The Labute approximate surface area is 123 Å². The van der Waals surface area contributed by atoms with Crippen LogP contribution in [-0.2, 0) is 0 Å². The van der Waals surface area contributed by atoms with Crippen molar-refractivity contribution in [1.29, 1.82) is 0 Å². The lowest BCUT2D eigenvalue weighted by atomic mass is 10.1. The molecule has 2 aromatic heterocycles. The maximum absolute atomic E-state index is 11.7. The van der Waals surface area contributed by atoms with Gasteiger partial charge in [0.15, 0.2) is 0 Å². The molecule has 0 aliphatic carbocycles. The highest BCUT2D eigenvalue weighted by atomic mass is 32.1. The third-order valence-electron chi connectivity index (χ3n) is 3.41. The zero-order chi connectivity index (χ0) is 14.4. The zero-order valence-electron chi connectivity index (χ0n) is 11.1. The van der Waals surface area contributed by atoms with Crippen LogP contribution < -0.4 is 14.8 Å². The minimum Gasteiger partial charge on any atom is -0.456 e. The smallest absolute Gasteiger partial charge is 0.266 e. The minimum absolute atomic E-state index is 0.0952. The van der Waals surface area contributed by atoms with Crippen molar-refractivity contribution in [2.24, 2.45) is 0 Å². The van der Waals surface area contributed by atoms with Gasteiger partial charge < -0.3 is 9.40 Å². The first-order valence-corrected chi connectivity index (χ1v) is 7.33. The summed E-state index contributed by atoms with van der Waals surface area (Å²) in [7, 11) is 0. The maximum Gasteiger partial charge on any atom is 0.266 e. The second-order valence-electron chi connectivity index (χ2n) is 4.84. The largest absolute Gasteiger partial charge is 0.456 e. The molecule has 0 bridgehead atoms. The SMILES string of the molecule is C=c1[nH]c(=O)/c(=C/c2ccc3oc4ccccc4c3c2)s1. The molecule has 4 aromatic rings. The van der Waals surface area contributed by atoms with Crippen LogP contribution in [0.25, 0.3) is 34.6 Å². The van der Waals surface area contributed by atoms with E-state index < -0.39 is 0 Å². The number of para-hydroxylation sites is 1. The number of thiazole rings is 1. The Morgan fingerprint density at radius 2 is 1.90 bits per heavy atom. The van der Waals surface area contributed by atoms with E-state index in [-0.39, 0.29) is 5.56 Å². The molecule has 0 fully saturated rings. The topological polar surface area (TPSA) is 46.0 Å². The molecular formula is C17H11NO2S. The summed E-state index contributed by atoms with van der Waals surface area (Å²) >= 11 is 1.36. The second kappa shape index (κ2) is 4.46. The number of rotatable bonds is 1. The average Bonchev–Trinajstić information content (AvgIpc) is 2.99. The van der Waals surface area contributed by atoms with Gasteiger partial charge in [-0.25, -0.2) is 0 Å². The quantitative estimate of drug-likeness (QED) is 0.586. The molecule has 0 aliphatic heterocycles. The summed E-state index contributed by atoms with van der Waals surface area (Å²) in [5.41, 5.74) is 2.61. The molecule has 102 valence electrons. The van der Waals surface area contributed by atoms with Crippen molar-refractivity contribution in [3.8, 4) is 0 Å². The van der Waals surface area contributed by atoms with Crippen LogP contribution in [0.15, 0.2) is 51.7 Å². The number of H-pyrrole nitrogens is 1. The molecular weight excluding hydrogens is 282 g/mol. The fourth-order valence-corrected chi connectivity index (χ4v) is 3.22. The lowest BCUT2D eigenvalue weighted by molar-refractivity contribution is 0.669. The lowest BCUT2D eigenvalue weighted by Crippen LogP contribution is -2.19. The van der Waals surface area contributed by atoms with Gasteiger partial charge in [0.1, 0.15) is 11.2 Å². The standard InChI is InChI=1S/C17H11NO2S/c1-10-18-17(19)16(21-10)9-11-6-7-15-13(8-11)12-4-2-3-5-14(12)20-15/h2-9H,1H2,(H,18,19)/b16-9-. The van der Waals surface area contributed by atoms with Gasteiger partial charge in [-0.15, -0.1) is 11.3 Å². The van der Waals surface area contributed by atoms with Crippen LogP contribution in [0.1, 0.15) is 5.56 Å². The van der Waals surface area contributed by atoms with Crippen molar-refractivity contribution in [2.75, 3.05) is 0 Å². The van der Waals surface area contributed by atoms with Gasteiger partial charge in [-0.1, -0.05) is 30.8 Å². The Morgan fingerprint density at radius 1 is 1.10 bits per heavy atom. The summed E-state index contributed by atoms with van der Waals surface area (Å²) in [6.45, 7) is 3.75. The Balaban J connectivity index is 2.01. The summed E-state index contributed by atoms with van der Waals surface area (Å²) in [5.74, 6) is 0. The van der Waals surface area contributed by atoms with Crippen molar-refractivity contribution in [1.82, 2.24) is 4.98 Å². The Bertz CT molecular complexity index is 1130. The van der Waals surface area contributed by atoms with Crippen molar-refractivity contribution >= 4 is 45.9 Å². The van der Waals surface area contributed by atoms with Crippen molar-refractivity contribution in [3.05, 3.63) is 67.6 Å². The molecule has 1 N–H and O–H groups in total. The first kappa shape index (κ1) is 12.2. The molecule has 0 saturated carbocycles. The molecule has 2 aromatic carbocycles. The number of benzene rings is 2. The molecule has 0 radical (unpaired) electrons. The number of aromatic amines is 1. The molecule has 21 heavy (non-hydrogen) atoms. The molecule has 0 saturated heterocycles. The van der Waals surface area contributed by atoms with E-state index in [1.54, 1.807) is 0 Å². The van der Waals surface area contributed by atoms with Crippen LogP contribution in [0.2, 0.25) is 0 Å². The molecule has 2 heterocycles. The first-order chi connectivity index (χ1) is 10.2. The summed E-state index contributed by atoms with van der Waals surface area (Å²) in [4.78, 5) is 14.4. The third-order valence-corrected chi connectivity index (χ3v) is 4.28. The monoisotopic (exact) mass is 293 g/mol. The van der Waals surface area contributed by atoms with E-state index in [1.165, 1.54) is 11.3 Å². The Morgan fingerprint density at radius 3 is 2.71 bits per heavy atom. The average molecular weight is 293 g/mol. The zero-order valence-corrected chi connectivity index (χ0v) is 11.9. The van der Waals surface area contributed by atoms with Gasteiger partial charge in [0, 0.05) is 10.8 Å². The highest BCUT2D eigenvalue weighted by Gasteiger charge is 2.06. The number of aromatic nitrogens is 1. The van der Waals surface area contributed by atoms with E-state index in [9.17, 15) is 4.79 Å². The molecule has 0 spiro atoms. The summed E-state index contributed by atoms with van der Waals surface area (Å²) in [6.07, 6.45) is 1.87. The number of nitrogens with one attached hydrogen (secondary N) is 1. The normalized spacial score (nSPS) is 12.5. The highest BCUT2D eigenvalue weighted by Crippen LogP contribution is 2.29. The van der Waals surface area contributed by atoms with E-state index in [0.717, 1.165) is 27.5 Å². The molecule has 0 aliphatic rings. The molecule has 4 rings (SSSR count). The fraction of sp³-hybridized carbons (Fsp3) is 0. The van der Waals surface area contributed by atoms with Crippen molar-refractivity contribution < 1.29 is 4.42 Å². The van der Waals surface area contributed by atoms with Crippen LogP contribution in [-0.4, -0.2) is 4.98 Å². The molecule has 3 nitrogen and oxygen atoms in total. The number of furan rings is 1. The fourth-order valence-electron chi connectivity index (χ4n) is 2.47. The predicted molar refractivity (Wildman–Crippen MR) is 87.0 cm³/mol. The summed E-state index contributed by atoms with van der Waals surface area (Å²) < 4.78 is 7.12. The number of fused-ring (bicyclic) bond motifs is 3. The van der Waals surface area contributed by atoms with Crippen LogP contribution in [0.3, 0.4) is 0 Å². The van der Waals surface area contributed by atoms with Gasteiger partial charge in [0.2, 0.25) is 0 Å². The van der Waals surface area contributed by atoms with Crippen LogP contribution in [0.5, 0.6) is 0 Å². The van der Waals surface area contributed by atoms with E-state index in [1.807, 2.05) is 48.5 Å². The number of hydrogen-bond donors (Lipinski definition) is 1. The van der Waals surface area contributed by atoms with Crippen LogP contribution in [0.4, 0.5) is 0 Å². The lowest BCUT2D eigenvalue weighted by Gasteiger charge is -1.93. The third kappa shape index (κ3) is 2.00. The van der Waals surface area contributed by atoms with Gasteiger partial charge >= 0.3 is 0 Å². The highest BCUT2D eigenvalue weighted by molar-refractivity contribution is 7.07. The van der Waals surface area contributed by atoms with E-state index in [4.69, 9.17) is 4.42 Å². The first-order valence-electron chi connectivity index (χ1n) is 6.52. The minimum atomic E-state index is -0.0952. The van der Waals surface area contributed by atoms with E-state index in [0.29, 0.717) is 9.20 Å². The van der Waals surface area contributed by atoms with Gasteiger partial charge in [0.25, 0.3) is 5.56 Å². The maximum atomic E-state index is 11.7.